The molecule has 0 saturated carbocycles. The van der Waals surface area contributed by atoms with Gasteiger partial charge in [0, 0.05) is 38.5 Å². The molecular weight excluding hydrogens is 236 g/mol. The van der Waals surface area contributed by atoms with Gasteiger partial charge in [-0.05, 0) is 19.4 Å². The molecule has 1 amide bonds. The van der Waals surface area contributed by atoms with E-state index in [0.29, 0.717) is 32.5 Å². The lowest BCUT2D eigenvalue weighted by Gasteiger charge is -2.34. The van der Waals surface area contributed by atoms with Crippen molar-refractivity contribution in [2.75, 3.05) is 19.8 Å². The summed E-state index contributed by atoms with van der Waals surface area (Å²) in [5.74, 6) is -1.14. The van der Waals surface area contributed by atoms with E-state index in [0.717, 1.165) is 19.4 Å². The van der Waals surface area contributed by atoms with Crippen LogP contribution >= 0.6 is 0 Å². The summed E-state index contributed by atoms with van der Waals surface area (Å²) in [6, 6.07) is 0.190. The number of carboxylic acids is 1. The van der Waals surface area contributed by atoms with E-state index in [-0.39, 0.29) is 11.9 Å². The van der Waals surface area contributed by atoms with E-state index in [1.54, 1.807) is 0 Å². The molecule has 102 valence electrons. The number of carboxylic acid groups (broad SMARTS) is 1. The van der Waals surface area contributed by atoms with Gasteiger partial charge in [0.2, 0.25) is 5.91 Å². The molecule has 1 unspecified atom stereocenters. The largest absolute Gasteiger partial charge is 0.480 e. The molecule has 0 aromatic rings. The van der Waals surface area contributed by atoms with Crippen molar-refractivity contribution in [3.63, 3.8) is 0 Å². The van der Waals surface area contributed by atoms with Crippen molar-refractivity contribution < 1.29 is 19.4 Å². The zero-order valence-electron chi connectivity index (χ0n) is 10.4. The molecule has 6 nitrogen and oxygen atoms in total. The summed E-state index contributed by atoms with van der Waals surface area (Å²) in [5.41, 5.74) is -1.13. The smallest absolute Gasteiger partial charge is 0.329 e. The molecule has 0 aliphatic carbocycles. The van der Waals surface area contributed by atoms with Crippen molar-refractivity contribution in [3.05, 3.63) is 0 Å². The van der Waals surface area contributed by atoms with Crippen LogP contribution in [0.15, 0.2) is 0 Å². The first-order chi connectivity index (χ1) is 8.62. The van der Waals surface area contributed by atoms with Crippen LogP contribution in [0.5, 0.6) is 0 Å². The highest BCUT2D eigenvalue weighted by atomic mass is 16.5. The lowest BCUT2D eigenvalue weighted by Crippen LogP contribution is -2.58. The van der Waals surface area contributed by atoms with Crippen LogP contribution in [0.4, 0.5) is 0 Å². The number of amides is 1. The van der Waals surface area contributed by atoms with Gasteiger partial charge in [-0.15, -0.1) is 0 Å². The number of rotatable bonds is 4. The van der Waals surface area contributed by atoms with Gasteiger partial charge in [0.25, 0.3) is 0 Å². The van der Waals surface area contributed by atoms with Crippen molar-refractivity contribution in [1.29, 1.82) is 0 Å². The van der Waals surface area contributed by atoms with Gasteiger partial charge in [0.15, 0.2) is 0 Å². The van der Waals surface area contributed by atoms with E-state index in [2.05, 4.69) is 10.6 Å². The Bertz CT molecular complexity index is 320. The van der Waals surface area contributed by atoms with Crippen molar-refractivity contribution in [3.8, 4) is 0 Å². The van der Waals surface area contributed by atoms with Gasteiger partial charge < -0.3 is 20.5 Å². The molecule has 2 saturated heterocycles. The Kier molecular flexibility index (Phi) is 4.19. The van der Waals surface area contributed by atoms with E-state index in [1.165, 1.54) is 0 Å². The van der Waals surface area contributed by atoms with Crippen LogP contribution in [0.2, 0.25) is 0 Å². The third kappa shape index (κ3) is 3.00. The Balaban J connectivity index is 1.91. The van der Waals surface area contributed by atoms with Crippen LogP contribution < -0.4 is 10.6 Å². The minimum Gasteiger partial charge on any atom is -0.480 e. The second kappa shape index (κ2) is 5.67. The summed E-state index contributed by atoms with van der Waals surface area (Å²) in [5, 5.41) is 15.2. The van der Waals surface area contributed by atoms with Crippen LogP contribution in [-0.4, -0.2) is 48.3 Å². The summed E-state index contributed by atoms with van der Waals surface area (Å²) >= 11 is 0. The minimum absolute atomic E-state index is 0.182. The fourth-order valence-electron chi connectivity index (χ4n) is 2.58. The molecule has 2 fully saturated rings. The number of aliphatic carboxylic acids is 1. The van der Waals surface area contributed by atoms with Crippen LogP contribution in [0, 0.1) is 0 Å². The predicted octanol–water partition coefficient (Wildman–Crippen LogP) is -0.121. The molecule has 0 aromatic heterocycles. The van der Waals surface area contributed by atoms with Crippen LogP contribution in [-0.2, 0) is 14.3 Å². The third-order valence-corrected chi connectivity index (χ3v) is 3.73. The van der Waals surface area contributed by atoms with Crippen LogP contribution in [0.3, 0.4) is 0 Å². The lowest BCUT2D eigenvalue weighted by atomic mass is 9.89. The minimum atomic E-state index is -1.13. The Morgan fingerprint density at radius 3 is 2.67 bits per heavy atom. The molecule has 0 spiro atoms. The second-order valence-electron chi connectivity index (χ2n) is 5.05. The van der Waals surface area contributed by atoms with Gasteiger partial charge in [-0.3, -0.25) is 4.79 Å². The van der Waals surface area contributed by atoms with Gasteiger partial charge in [0.1, 0.15) is 5.54 Å². The first kappa shape index (κ1) is 13.3. The zero-order chi connectivity index (χ0) is 13.0. The highest BCUT2D eigenvalue weighted by Crippen LogP contribution is 2.21. The number of nitrogens with one attached hydrogen (secondary N) is 2. The summed E-state index contributed by atoms with van der Waals surface area (Å²) < 4.78 is 5.16. The summed E-state index contributed by atoms with van der Waals surface area (Å²) in [6.45, 7) is 1.71. The van der Waals surface area contributed by atoms with E-state index in [9.17, 15) is 14.7 Å². The van der Waals surface area contributed by atoms with Gasteiger partial charge in [-0.25, -0.2) is 4.79 Å². The molecule has 0 aromatic carbocycles. The molecule has 2 aliphatic heterocycles. The monoisotopic (exact) mass is 256 g/mol. The second-order valence-corrected chi connectivity index (χ2v) is 5.05. The number of ether oxygens (including phenoxy) is 1. The molecular formula is C12H20N2O4. The average Bonchev–Trinajstić information content (AvgIpc) is 2.82. The van der Waals surface area contributed by atoms with Crippen LogP contribution in [0.1, 0.15) is 32.1 Å². The van der Waals surface area contributed by atoms with Crippen molar-refractivity contribution in [2.45, 2.75) is 43.7 Å². The van der Waals surface area contributed by atoms with Crippen LogP contribution in [0.25, 0.3) is 0 Å². The molecule has 18 heavy (non-hydrogen) atoms. The summed E-state index contributed by atoms with van der Waals surface area (Å²) in [7, 11) is 0. The number of hydrogen-bond donors (Lipinski definition) is 3. The third-order valence-electron chi connectivity index (χ3n) is 3.73. The number of carbonyl (C=O) groups is 2. The fourth-order valence-corrected chi connectivity index (χ4v) is 2.58. The standard InChI is InChI=1S/C12H20N2O4/c15-10(8-9-2-1-5-13-9)14-12(11(16)17)3-6-18-7-4-12/h9,13H,1-8H2,(H,14,15)(H,16,17). The Morgan fingerprint density at radius 1 is 1.39 bits per heavy atom. The first-order valence-corrected chi connectivity index (χ1v) is 6.48. The van der Waals surface area contributed by atoms with Gasteiger partial charge in [-0.2, -0.15) is 0 Å². The van der Waals surface area contributed by atoms with E-state index in [4.69, 9.17) is 4.74 Å². The van der Waals surface area contributed by atoms with Gasteiger partial charge >= 0.3 is 5.97 Å². The lowest BCUT2D eigenvalue weighted by molar-refractivity contribution is -0.152. The average molecular weight is 256 g/mol. The molecule has 3 N–H and O–H groups in total. The highest BCUT2D eigenvalue weighted by molar-refractivity contribution is 5.87. The Morgan fingerprint density at radius 2 is 2.11 bits per heavy atom. The van der Waals surface area contributed by atoms with E-state index < -0.39 is 11.5 Å². The first-order valence-electron chi connectivity index (χ1n) is 6.48. The Hall–Kier alpha value is -1.14. The van der Waals surface area contributed by atoms with E-state index >= 15 is 0 Å². The summed E-state index contributed by atoms with van der Waals surface area (Å²) in [4.78, 5) is 23.3. The summed E-state index contributed by atoms with van der Waals surface area (Å²) in [6.07, 6.45) is 3.10. The Labute approximate surface area is 106 Å². The quantitative estimate of drug-likeness (QED) is 0.652. The number of hydrogen-bond acceptors (Lipinski definition) is 4. The normalized spacial score (nSPS) is 26.8. The maximum atomic E-state index is 11.9. The molecule has 2 rings (SSSR count). The van der Waals surface area contributed by atoms with Crippen molar-refractivity contribution in [1.82, 2.24) is 10.6 Å². The highest BCUT2D eigenvalue weighted by Gasteiger charge is 2.41. The predicted molar refractivity (Wildman–Crippen MR) is 64.2 cm³/mol. The van der Waals surface area contributed by atoms with Crippen molar-refractivity contribution in [2.24, 2.45) is 0 Å². The van der Waals surface area contributed by atoms with Gasteiger partial charge in [0.05, 0.1) is 0 Å². The van der Waals surface area contributed by atoms with E-state index in [1.807, 2.05) is 0 Å². The van der Waals surface area contributed by atoms with Gasteiger partial charge in [-0.1, -0.05) is 0 Å². The molecule has 6 heteroatoms. The number of carbonyl (C=O) groups excluding carboxylic acids is 1. The maximum absolute atomic E-state index is 11.9. The molecule has 0 radical (unpaired) electrons. The zero-order valence-corrected chi connectivity index (χ0v) is 10.4. The maximum Gasteiger partial charge on any atom is 0.329 e. The topological polar surface area (TPSA) is 87.7 Å². The molecule has 0 bridgehead atoms. The molecule has 2 heterocycles. The SMILES string of the molecule is O=C(CC1CCCN1)NC1(C(=O)O)CCOCC1. The van der Waals surface area contributed by atoms with Crippen molar-refractivity contribution >= 4 is 11.9 Å². The fraction of sp³-hybridized carbons (Fsp3) is 0.833. The molecule has 2 aliphatic rings. The molecule has 1 atom stereocenters.